The van der Waals surface area contributed by atoms with Gasteiger partial charge in [0.05, 0.1) is 38.1 Å². The van der Waals surface area contributed by atoms with Crippen molar-refractivity contribution < 1.29 is 14.3 Å². The molecule has 0 aliphatic carbocycles. The molecule has 1 atom stereocenters. The number of anilines is 2. The first kappa shape index (κ1) is 17.4. The summed E-state index contributed by atoms with van der Waals surface area (Å²) in [5.41, 5.74) is 17.2. The van der Waals surface area contributed by atoms with Crippen LogP contribution >= 0.6 is 0 Å². The lowest BCUT2D eigenvalue weighted by atomic mass is 9.98. The van der Waals surface area contributed by atoms with Crippen molar-refractivity contribution in [2.24, 2.45) is 5.73 Å². The summed E-state index contributed by atoms with van der Waals surface area (Å²) in [7, 11) is 0. The minimum absolute atomic E-state index is 0.0438. The molecule has 1 spiro atoms. The molecule has 2 aliphatic heterocycles. The van der Waals surface area contributed by atoms with Crippen molar-refractivity contribution in [3.8, 4) is 5.88 Å². The molecule has 1 amide bonds. The number of hydrogen-bond donors (Lipinski definition) is 3. The number of ether oxygens (including phenoxy) is 2. The molecule has 2 aromatic heterocycles. The molecule has 1 saturated heterocycles. The summed E-state index contributed by atoms with van der Waals surface area (Å²) in [5, 5.41) is 7.86. The zero-order chi connectivity index (χ0) is 19.0. The second-order valence-electron chi connectivity index (χ2n) is 6.65. The molecule has 0 bridgehead atoms. The SMILES string of the molecule is NCCn1cc(C(=O)N2CCOC[C@]3(Cc4c(N)nc(N)nc4O3)C2)nn1. The first-order valence-corrected chi connectivity index (χ1v) is 8.58. The molecule has 1 fully saturated rings. The largest absolute Gasteiger partial charge is 0.466 e. The Hall–Kier alpha value is -2.99. The van der Waals surface area contributed by atoms with E-state index in [1.807, 2.05) is 0 Å². The maximum atomic E-state index is 12.9. The van der Waals surface area contributed by atoms with Crippen LogP contribution in [0.3, 0.4) is 0 Å². The maximum Gasteiger partial charge on any atom is 0.276 e. The molecule has 0 radical (unpaired) electrons. The Morgan fingerprint density at radius 1 is 1.33 bits per heavy atom. The summed E-state index contributed by atoms with van der Waals surface area (Å²) in [5.74, 6) is 0.413. The van der Waals surface area contributed by atoms with Crippen LogP contribution in [0.1, 0.15) is 16.1 Å². The summed E-state index contributed by atoms with van der Waals surface area (Å²) in [4.78, 5) is 22.6. The predicted molar refractivity (Wildman–Crippen MR) is 93.7 cm³/mol. The molecule has 2 aromatic rings. The van der Waals surface area contributed by atoms with E-state index in [4.69, 9.17) is 26.7 Å². The Morgan fingerprint density at radius 2 is 2.19 bits per heavy atom. The fraction of sp³-hybridized carbons (Fsp3) is 0.533. The van der Waals surface area contributed by atoms with E-state index in [-0.39, 0.29) is 23.4 Å². The van der Waals surface area contributed by atoms with Gasteiger partial charge in [-0.1, -0.05) is 5.21 Å². The lowest BCUT2D eigenvalue weighted by Crippen LogP contribution is -2.50. The van der Waals surface area contributed by atoms with Crippen molar-refractivity contribution in [3.63, 3.8) is 0 Å². The number of hydrogen-bond acceptors (Lipinski definition) is 10. The molecule has 0 unspecified atom stereocenters. The lowest BCUT2D eigenvalue weighted by Gasteiger charge is -2.30. The van der Waals surface area contributed by atoms with Gasteiger partial charge in [-0.3, -0.25) is 9.48 Å². The Kier molecular flexibility index (Phi) is 4.28. The summed E-state index contributed by atoms with van der Waals surface area (Å²) in [6.07, 6.45) is 2.01. The van der Waals surface area contributed by atoms with Gasteiger partial charge < -0.3 is 31.6 Å². The van der Waals surface area contributed by atoms with Crippen LogP contribution in [0.25, 0.3) is 0 Å². The first-order valence-electron chi connectivity index (χ1n) is 8.58. The van der Waals surface area contributed by atoms with Crippen LogP contribution in [0, 0.1) is 0 Å². The van der Waals surface area contributed by atoms with Crippen molar-refractivity contribution in [1.29, 1.82) is 0 Å². The van der Waals surface area contributed by atoms with Crippen molar-refractivity contribution in [2.45, 2.75) is 18.6 Å². The van der Waals surface area contributed by atoms with Crippen LogP contribution in [0.5, 0.6) is 5.88 Å². The highest BCUT2D eigenvalue weighted by Crippen LogP contribution is 2.38. The Balaban J connectivity index is 1.56. The zero-order valence-electron chi connectivity index (χ0n) is 14.7. The van der Waals surface area contributed by atoms with Gasteiger partial charge in [-0.05, 0) is 0 Å². The van der Waals surface area contributed by atoms with E-state index >= 15 is 0 Å². The number of carbonyl (C=O) groups excluding carboxylic acids is 1. The van der Waals surface area contributed by atoms with Gasteiger partial charge in [0.25, 0.3) is 5.91 Å². The van der Waals surface area contributed by atoms with Gasteiger partial charge in [0.1, 0.15) is 5.82 Å². The maximum absolute atomic E-state index is 12.9. The van der Waals surface area contributed by atoms with E-state index in [9.17, 15) is 4.79 Å². The number of fused-ring (bicyclic) bond motifs is 1. The molecule has 12 nitrogen and oxygen atoms in total. The average molecular weight is 375 g/mol. The molecular formula is C15H21N9O3. The van der Waals surface area contributed by atoms with Crippen LogP contribution in [-0.4, -0.2) is 74.2 Å². The van der Waals surface area contributed by atoms with Crippen LogP contribution < -0.4 is 21.9 Å². The van der Waals surface area contributed by atoms with Crippen LogP contribution in [0.4, 0.5) is 11.8 Å². The Bertz CT molecular complexity index is 870. The number of amides is 1. The van der Waals surface area contributed by atoms with Gasteiger partial charge in [-0.25, -0.2) is 0 Å². The summed E-state index contributed by atoms with van der Waals surface area (Å²) in [6, 6.07) is 0. The number of nitrogen functional groups attached to an aromatic ring is 2. The van der Waals surface area contributed by atoms with Crippen LogP contribution in [0.15, 0.2) is 6.20 Å². The number of rotatable bonds is 3. The molecule has 0 aromatic carbocycles. The third-order valence-corrected chi connectivity index (χ3v) is 4.58. The fourth-order valence-corrected chi connectivity index (χ4v) is 3.36. The van der Waals surface area contributed by atoms with Crippen LogP contribution in [0.2, 0.25) is 0 Å². The van der Waals surface area contributed by atoms with Crippen LogP contribution in [-0.2, 0) is 17.7 Å². The highest BCUT2D eigenvalue weighted by atomic mass is 16.6. The molecule has 6 N–H and O–H groups in total. The van der Waals surface area contributed by atoms with E-state index in [2.05, 4.69) is 20.3 Å². The number of carbonyl (C=O) groups is 1. The van der Waals surface area contributed by atoms with Gasteiger partial charge in [0, 0.05) is 19.5 Å². The lowest BCUT2D eigenvalue weighted by molar-refractivity contribution is -0.00152. The van der Waals surface area contributed by atoms with E-state index < -0.39 is 5.60 Å². The normalized spacial score (nSPS) is 21.7. The number of nitrogens with two attached hydrogens (primary N) is 3. The van der Waals surface area contributed by atoms with E-state index in [0.717, 1.165) is 0 Å². The fourth-order valence-electron chi connectivity index (χ4n) is 3.36. The molecular weight excluding hydrogens is 354 g/mol. The molecule has 2 aliphatic rings. The third-order valence-electron chi connectivity index (χ3n) is 4.58. The summed E-state index contributed by atoms with van der Waals surface area (Å²) < 4.78 is 13.3. The van der Waals surface area contributed by atoms with Gasteiger partial charge in [-0.2, -0.15) is 9.97 Å². The highest BCUT2D eigenvalue weighted by Gasteiger charge is 2.46. The van der Waals surface area contributed by atoms with Crippen molar-refractivity contribution in [1.82, 2.24) is 29.9 Å². The number of nitrogens with zero attached hydrogens (tertiary/aromatic N) is 6. The smallest absolute Gasteiger partial charge is 0.276 e. The first-order chi connectivity index (χ1) is 13.0. The minimum Gasteiger partial charge on any atom is -0.466 e. The third kappa shape index (κ3) is 3.24. The standard InChI is InChI=1S/C15H21N9O3/c16-1-2-24-6-10(21-22-24)13(25)23-3-4-26-8-15(7-23)5-9-11(17)19-14(18)20-12(9)27-15/h6H,1-5,7-8,16H2,(H4,17,18,19,20)/t15-/m0/s1. The summed E-state index contributed by atoms with van der Waals surface area (Å²) in [6.45, 7) is 2.29. The number of aromatic nitrogens is 5. The highest BCUT2D eigenvalue weighted by molar-refractivity contribution is 5.92. The Labute approximate surface area is 154 Å². The van der Waals surface area contributed by atoms with E-state index in [1.54, 1.807) is 11.1 Å². The van der Waals surface area contributed by atoms with Gasteiger partial charge >= 0.3 is 0 Å². The molecule has 4 rings (SSSR count). The van der Waals surface area contributed by atoms with Crippen molar-refractivity contribution in [3.05, 3.63) is 17.5 Å². The Morgan fingerprint density at radius 3 is 3.00 bits per heavy atom. The molecule has 144 valence electrons. The predicted octanol–water partition coefficient (Wildman–Crippen LogP) is -1.96. The molecule has 0 saturated carbocycles. The molecule has 27 heavy (non-hydrogen) atoms. The quantitative estimate of drug-likeness (QED) is 0.546. The second kappa shape index (κ2) is 6.63. The topological polar surface area (TPSA) is 173 Å². The molecule has 12 heteroatoms. The van der Waals surface area contributed by atoms with Gasteiger partial charge in [-0.15, -0.1) is 5.10 Å². The van der Waals surface area contributed by atoms with Gasteiger partial charge in [0.15, 0.2) is 11.3 Å². The van der Waals surface area contributed by atoms with Crippen molar-refractivity contribution >= 4 is 17.7 Å². The second-order valence-corrected chi connectivity index (χ2v) is 6.65. The molecule has 4 heterocycles. The zero-order valence-corrected chi connectivity index (χ0v) is 14.7. The monoisotopic (exact) mass is 375 g/mol. The average Bonchev–Trinajstić information content (AvgIpc) is 3.16. The summed E-state index contributed by atoms with van der Waals surface area (Å²) >= 11 is 0. The van der Waals surface area contributed by atoms with Crippen molar-refractivity contribution in [2.75, 3.05) is 44.3 Å². The van der Waals surface area contributed by atoms with Gasteiger partial charge in [0.2, 0.25) is 11.8 Å². The van der Waals surface area contributed by atoms with E-state index in [1.165, 1.54) is 4.68 Å². The van der Waals surface area contributed by atoms with E-state index in [0.29, 0.717) is 57.3 Å². The minimum atomic E-state index is -0.793.